The zero-order valence-electron chi connectivity index (χ0n) is 16.1. The van der Waals surface area contributed by atoms with Crippen LogP contribution in [0.15, 0.2) is 35.3 Å². The predicted molar refractivity (Wildman–Crippen MR) is 108 cm³/mol. The molecule has 2 aromatic rings. The van der Waals surface area contributed by atoms with E-state index in [-0.39, 0.29) is 17.9 Å². The highest BCUT2D eigenvalue weighted by atomic mass is 16.3. The number of benzene rings is 1. The molecule has 2 amide bonds. The first kappa shape index (κ1) is 20.1. The van der Waals surface area contributed by atoms with Crippen LogP contribution < -0.4 is 16.6 Å². The fourth-order valence-electron chi connectivity index (χ4n) is 3.90. The quantitative estimate of drug-likeness (QED) is 0.686. The van der Waals surface area contributed by atoms with E-state index in [0.717, 1.165) is 25.7 Å². The molecular weight excluding hydrogens is 358 g/mol. The number of nitrogens with zero attached hydrogens (tertiary/aromatic N) is 1. The Kier molecular flexibility index (Phi) is 5.84. The summed E-state index contributed by atoms with van der Waals surface area (Å²) in [5.74, 6) is -0.867. The van der Waals surface area contributed by atoms with E-state index in [1.54, 1.807) is 31.2 Å². The van der Waals surface area contributed by atoms with Crippen LogP contribution in [0.1, 0.15) is 57.9 Å². The molecule has 0 bridgehead atoms. The Bertz CT molecular complexity index is 942. The monoisotopic (exact) mass is 385 g/mol. The number of hydrogen-bond acceptors (Lipinski definition) is 4. The Labute approximate surface area is 163 Å². The molecular formula is C21H27N3O4. The van der Waals surface area contributed by atoms with E-state index in [0.29, 0.717) is 29.3 Å². The number of amides is 2. The van der Waals surface area contributed by atoms with Crippen molar-refractivity contribution in [2.75, 3.05) is 5.32 Å². The van der Waals surface area contributed by atoms with Gasteiger partial charge in [-0.25, -0.2) is 0 Å². The van der Waals surface area contributed by atoms with Crippen LogP contribution in [0.25, 0.3) is 10.8 Å². The van der Waals surface area contributed by atoms with Crippen molar-refractivity contribution in [3.05, 3.63) is 40.8 Å². The number of rotatable bonds is 5. The number of fused-ring (bicyclic) bond motifs is 1. The summed E-state index contributed by atoms with van der Waals surface area (Å²) in [6.07, 6.45) is 6.84. The first-order valence-electron chi connectivity index (χ1n) is 9.76. The maximum atomic E-state index is 12.7. The Hall–Kier alpha value is -2.67. The second-order valence-electron chi connectivity index (χ2n) is 7.74. The van der Waals surface area contributed by atoms with Crippen molar-refractivity contribution in [2.24, 2.45) is 5.73 Å². The first-order chi connectivity index (χ1) is 13.3. The lowest BCUT2D eigenvalue weighted by Crippen LogP contribution is -2.33. The summed E-state index contributed by atoms with van der Waals surface area (Å²) >= 11 is 0. The molecule has 7 nitrogen and oxygen atoms in total. The molecule has 1 aliphatic carbocycles. The summed E-state index contributed by atoms with van der Waals surface area (Å²) in [4.78, 5) is 36.7. The minimum Gasteiger partial charge on any atom is -0.389 e. The van der Waals surface area contributed by atoms with Gasteiger partial charge in [0.1, 0.15) is 6.04 Å². The van der Waals surface area contributed by atoms with E-state index >= 15 is 0 Å². The van der Waals surface area contributed by atoms with Crippen molar-refractivity contribution in [1.29, 1.82) is 0 Å². The second-order valence-corrected chi connectivity index (χ2v) is 7.74. The average molecular weight is 385 g/mol. The summed E-state index contributed by atoms with van der Waals surface area (Å²) in [6.45, 7) is 1.56. The Morgan fingerprint density at radius 1 is 1.18 bits per heavy atom. The highest BCUT2D eigenvalue weighted by Crippen LogP contribution is 2.30. The lowest BCUT2D eigenvalue weighted by Gasteiger charge is -2.26. The standard InChI is InChI=1S/C21H27N3O4/c1-14(19(22)26)24-12-9-15-16(20(24)27)7-6-8-17(15)23-18(25)13-21(28)10-4-2-3-5-11-21/h6-9,12,14,28H,2-5,10-11,13H2,1H3,(H2,22,26)(H,23,25)/t14-/m0/s1. The van der Waals surface area contributed by atoms with E-state index in [2.05, 4.69) is 5.32 Å². The van der Waals surface area contributed by atoms with Crippen LogP contribution in [0, 0.1) is 0 Å². The van der Waals surface area contributed by atoms with E-state index < -0.39 is 17.6 Å². The second kappa shape index (κ2) is 8.14. The minimum absolute atomic E-state index is 0.0408. The van der Waals surface area contributed by atoms with Gasteiger partial charge in [0.25, 0.3) is 5.56 Å². The van der Waals surface area contributed by atoms with Crippen molar-refractivity contribution in [1.82, 2.24) is 4.57 Å². The SMILES string of the molecule is C[C@@H](C(N)=O)n1ccc2c(NC(=O)CC3(O)CCCCCC3)cccc2c1=O. The van der Waals surface area contributed by atoms with Crippen LogP contribution in [0.4, 0.5) is 5.69 Å². The van der Waals surface area contributed by atoms with Gasteiger partial charge in [0.15, 0.2) is 0 Å². The number of carbonyl (C=O) groups excluding carboxylic acids is 2. The summed E-state index contributed by atoms with van der Waals surface area (Å²) in [5.41, 5.74) is 4.51. The van der Waals surface area contributed by atoms with E-state index in [1.807, 2.05) is 0 Å². The molecule has 7 heteroatoms. The van der Waals surface area contributed by atoms with Crippen LogP contribution in [-0.4, -0.2) is 27.1 Å². The number of aliphatic hydroxyl groups is 1. The fraction of sp³-hybridized carbons (Fsp3) is 0.476. The topological polar surface area (TPSA) is 114 Å². The third kappa shape index (κ3) is 4.25. The summed E-state index contributed by atoms with van der Waals surface area (Å²) in [7, 11) is 0. The van der Waals surface area contributed by atoms with Crippen LogP contribution in [0.5, 0.6) is 0 Å². The first-order valence-corrected chi connectivity index (χ1v) is 9.76. The third-order valence-electron chi connectivity index (χ3n) is 5.60. The van der Waals surface area contributed by atoms with E-state index in [4.69, 9.17) is 5.73 Å². The molecule has 0 saturated heterocycles. The molecule has 0 spiro atoms. The molecule has 1 fully saturated rings. The van der Waals surface area contributed by atoms with Crippen molar-refractivity contribution in [3.8, 4) is 0 Å². The third-order valence-corrected chi connectivity index (χ3v) is 5.60. The van der Waals surface area contributed by atoms with Gasteiger partial charge in [-0.15, -0.1) is 0 Å². The molecule has 1 aliphatic rings. The Morgan fingerprint density at radius 2 is 1.86 bits per heavy atom. The molecule has 4 N–H and O–H groups in total. The maximum absolute atomic E-state index is 12.7. The molecule has 1 atom stereocenters. The molecule has 0 unspecified atom stereocenters. The highest BCUT2D eigenvalue weighted by molar-refractivity contribution is 6.02. The summed E-state index contributed by atoms with van der Waals surface area (Å²) < 4.78 is 1.28. The molecule has 0 aliphatic heterocycles. The lowest BCUT2D eigenvalue weighted by molar-refractivity contribution is -0.122. The number of anilines is 1. The number of nitrogens with one attached hydrogen (secondary N) is 1. The van der Waals surface area contributed by atoms with Crippen LogP contribution in [-0.2, 0) is 9.59 Å². The maximum Gasteiger partial charge on any atom is 0.259 e. The molecule has 1 aromatic heterocycles. The number of primary amides is 1. The van der Waals surface area contributed by atoms with Gasteiger partial charge < -0.3 is 20.7 Å². The number of carbonyl (C=O) groups is 2. The normalized spacial score (nSPS) is 17.6. The van der Waals surface area contributed by atoms with Crippen molar-refractivity contribution in [3.63, 3.8) is 0 Å². The highest BCUT2D eigenvalue weighted by Gasteiger charge is 2.30. The van der Waals surface area contributed by atoms with Gasteiger partial charge >= 0.3 is 0 Å². The van der Waals surface area contributed by atoms with Crippen LogP contribution >= 0.6 is 0 Å². The van der Waals surface area contributed by atoms with Gasteiger partial charge in [0.2, 0.25) is 11.8 Å². The number of hydrogen-bond donors (Lipinski definition) is 3. The van der Waals surface area contributed by atoms with Crippen LogP contribution in [0.3, 0.4) is 0 Å². The number of aromatic nitrogens is 1. The molecule has 1 aromatic carbocycles. The number of pyridine rings is 1. The van der Waals surface area contributed by atoms with Gasteiger partial charge in [-0.2, -0.15) is 0 Å². The molecule has 150 valence electrons. The van der Waals surface area contributed by atoms with Crippen LogP contribution in [0.2, 0.25) is 0 Å². The predicted octanol–water partition coefficient (Wildman–Crippen LogP) is 2.46. The van der Waals surface area contributed by atoms with Gasteiger partial charge in [0, 0.05) is 22.7 Å². The fourth-order valence-corrected chi connectivity index (χ4v) is 3.90. The largest absolute Gasteiger partial charge is 0.389 e. The van der Waals surface area contributed by atoms with Gasteiger partial charge in [-0.05, 0) is 38.0 Å². The molecule has 1 saturated carbocycles. The van der Waals surface area contributed by atoms with Crippen molar-refractivity contribution < 1.29 is 14.7 Å². The van der Waals surface area contributed by atoms with E-state index in [9.17, 15) is 19.5 Å². The van der Waals surface area contributed by atoms with Crippen molar-refractivity contribution in [2.45, 2.75) is 63.5 Å². The van der Waals surface area contributed by atoms with E-state index in [1.165, 1.54) is 10.8 Å². The van der Waals surface area contributed by atoms with Gasteiger partial charge in [0.05, 0.1) is 12.0 Å². The summed E-state index contributed by atoms with van der Waals surface area (Å²) in [5, 5.41) is 14.6. The molecule has 28 heavy (non-hydrogen) atoms. The summed E-state index contributed by atoms with van der Waals surface area (Å²) in [6, 6.07) is 5.97. The Morgan fingerprint density at radius 3 is 2.50 bits per heavy atom. The lowest BCUT2D eigenvalue weighted by atomic mass is 9.90. The molecule has 3 rings (SSSR count). The average Bonchev–Trinajstić information content (AvgIpc) is 2.86. The smallest absolute Gasteiger partial charge is 0.259 e. The molecule has 0 radical (unpaired) electrons. The van der Waals surface area contributed by atoms with Gasteiger partial charge in [-0.3, -0.25) is 14.4 Å². The van der Waals surface area contributed by atoms with Gasteiger partial charge in [-0.1, -0.05) is 31.7 Å². The minimum atomic E-state index is -0.963. The zero-order chi connectivity index (χ0) is 20.3. The van der Waals surface area contributed by atoms with Crippen molar-refractivity contribution >= 4 is 28.3 Å². The molecule has 1 heterocycles. The number of nitrogens with two attached hydrogens (primary N) is 1. The Balaban J connectivity index is 1.85. The zero-order valence-corrected chi connectivity index (χ0v) is 16.1.